The smallest absolute Gasteiger partial charge is 0.390 e. The lowest BCUT2D eigenvalue weighted by molar-refractivity contribution is -0.132. The van der Waals surface area contributed by atoms with E-state index in [-0.39, 0.29) is 5.09 Å². The quantitative estimate of drug-likeness (QED) is 0.805. The van der Waals surface area contributed by atoms with E-state index in [2.05, 4.69) is 5.32 Å². The van der Waals surface area contributed by atoms with E-state index >= 15 is 0 Å². The molecule has 114 valence electrons. The third-order valence-electron chi connectivity index (χ3n) is 2.74. The Morgan fingerprint density at radius 1 is 1.30 bits per heavy atom. The number of furan rings is 1. The molecule has 0 spiro atoms. The van der Waals surface area contributed by atoms with Crippen LogP contribution in [0.3, 0.4) is 0 Å². The third kappa shape index (κ3) is 4.80. The van der Waals surface area contributed by atoms with Gasteiger partial charge in [0.2, 0.25) is 5.09 Å². The van der Waals surface area contributed by atoms with Crippen LogP contribution in [0.1, 0.15) is 25.0 Å². The summed E-state index contributed by atoms with van der Waals surface area (Å²) >= 11 is 0. The van der Waals surface area contributed by atoms with Gasteiger partial charge in [-0.2, -0.15) is 13.2 Å². The first kappa shape index (κ1) is 15.3. The van der Waals surface area contributed by atoms with Crippen molar-refractivity contribution in [1.29, 1.82) is 0 Å². The molecule has 1 fully saturated rings. The summed E-state index contributed by atoms with van der Waals surface area (Å²) in [5, 5.41) is 2.77. The van der Waals surface area contributed by atoms with Crippen molar-refractivity contribution >= 4 is 10.0 Å². The Labute approximate surface area is 114 Å². The molecule has 20 heavy (non-hydrogen) atoms. The molecular weight excluding hydrogens is 297 g/mol. The first-order chi connectivity index (χ1) is 9.26. The molecule has 5 nitrogen and oxygen atoms in total. The SMILES string of the molecule is O=S(=O)(NCCC(F)(F)F)c1ccc(CNC2CC2)o1. The highest BCUT2D eigenvalue weighted by molar-refractivity contribution is 7.89. The van der Waals surface area contributed by atoms with E-state index in [9.17, 15) is 21.6 Å². The topological polar surface area (TPSA) is 71.3 Å². The largest absolute Gasteiger partial charge is 0.447 e. The highest BCUT2D eigenvalue weighted by Crippen LogP contribution is 2.21. The summed E-state index contributed by atoms with van der Waals surface area (Å²) in [5.74, 6) is 0.438. The molecule has 1 saturated carbocycles. The Bertz CT molecular complexity index is 550. The van der Waals surface area contributed by atoms with Crippen LogP contribution >= 0.6 is 0 Å². The number of alkyl halides is 3. The molecule has 0 aromatic carbocycles. The molecular formula is C11H15F3N2O3S. The van der Waals surface area contributed by atoms with Gasteiger partial charge >= 0.3 is 6.18 Å². The second-order valence-electron chi connectivity index (χ2n) is 4.64. The zero-order valence-electron chi connectivity index (χ0n) is 10.5. The number of hydrogen-bond donors (Lipinski definition) is 2. The first-order valence-electron chi connectivity index (χ1n) is 6.15. The van der Waals surface area contributed by atoms with Gasteiger partial charge in [-0.05, 0) is 25.0 Å². The molecule has 1 aliphatic rings. The van der Waals surface area contributed by atoms with Crippen molar-refractivity contribution in [3.63, 3.8) is 0 Å². The average Bonchev–Trinajstić information content (AvgIpc) is 3.01. The van der Waals surface area contributed by atoms with Gasteiger partial charge in [-0.3, -0.25) is 0 Å². The van der Waals surface area contributed by atoms with Crippen LogP contribution in [0.2, 0.25) is 0 Å². The predicted octanol–water partition coefficient (Wildman–Crippen LogP) is 1.76. The van der Waals surface area contributed by atoms with E-state index in [4.69, 9.17) is 4.42 Å². The molecule has 9 heteroatoms. The van der Waals surface area contributed by atoms with Gasteiger partial charge in [0.15, 0.2) is 0 Å². The molecule has 0 amide bonds. The van der Waals surface area contributed by atoms with Crippen molar-refractivity contribution in [2.75, 3.05) is 6.54 Å². The Morgan fingerprint density at radius 2 is 2.00 bits per heavy atom. The van der Waals surface area contributed by atoms with Gasteiger partial charge in [0.25, 0.3) is 10.0 Å². The Balaban J connectivity index is 1.87. The van der Waals surface area contributed by atoms with Crippen molar-refractivity contribution in [3.8, 4) is 0 Å². The van der Waals surface area contributed by atoms with E-state index in [1.165, 1.54) is 12.1 Å². The van der Waals surface area contributed by atoms with E-state index in [1.807, 2.05) is 4.72 Å². The summed E-state index contributed by atoms with van der Waals surface area (Å²) in [6.45, 7) is -0.301. The van der Waals surface area contributed by atoms with E-state index in [0.29, 0.717) is 18.3 Å². The fraction of sp³-hybridized carbons (Fsp3) is 0.636. The van der Waals surface area contributed by atoms with E-state index < -0.39 is 29.2 Å². The van der Waals surface area contributed by atoms with Crippen molar-refractivity contribution < 1.29 is 26.0 Å². The standard InChI is InChI=1S/C11H15F3N2O3S/c12-11(13,14)5-6-16-20(17,18)10-4-3-9(19-10)7-15-8-1-2-8/h3-4,8,15-16H,1-2,5-7H2. The van der Waals surface area contributed by atoms with Crippen molar-refractivity contribution in [1.82, 2.24) is 10.0 Å². The predicted molar refractivity (Wildman–Crippen MR) is 64.4 cm³/mol. The Morgan fingerprint density at radius 3 is 2.60 bits per heavy atom. The van der Waals surface area contributed by atoms with Crippen LogP contribution in [-0.4, -0.2) is 27.2 Å². The van der Waals surface area contributed by atoms with Crippen LogP contribution in [-0.2, 0) is 16.6 Å². The monoisotopic (exact) mass is 312 g/mol. The summed E-state index contributed by atoms with van der Waals surface area (Å²) in [6.07, 6.45) is -3.44. The van der Waals surface area contributed by atoms with Gasteiger partial charge in [-0.25, -0.2) is 13.1 Å². The molecule has 1 aromatic heterocycles. The van der Waals surface area contributed by atoms with Crippen LogP contribution in [0.15, 0.2) is 21.6 Å². The maximum atomic E-state index is 12.0. The van der Waals surface area contributed by atoms with Gasteiger partial charge in [-0.15, -0.1) is 0 Å². The molecule has 0 radical (unpaired) electrons. The van der Waals surface area contributed by atoms with Gasteiger partial charge in [0, 0.05) is 12.6 Å². The van der Waals surface area contributed by atoms with Gasteiger partial charge in [0.1, 0.15) is 5.76 Å². The molecule has 0 aliphatic heterocycles. The number of rotatable bonds is 7. The lowest BCUT2D eigenvalue weighted by atomic mass is 10.4. The first-order valence-corrected chi connectivity index (χ1v) is 7.63. The van der Waals surface area contributed by atoms with Gasteiger partial charge in [0.05, 0.1) is 13.0 Å². The zero-order valence-corrected chi connectivity index (χ0v) is 11.4. The molecule has 0 bridgehead atoms. The van der Waals surface area contributed by atoms with E-state index in [1.54, 1.807) is 0 Å². The third-order valence-corrected chi connectivity index (χ3v) is 4.08. The van der Waals surface area contributed by atoms with Crippen LogP contribution in [0.5, 0.6) is 0 Å². The molecule has 0 atom stereocenters. The van der Waals surface area contributed by atoms with Crippen LogP contribution in [0, 0.1) is 0 Å². The summed E-state index contributed by atoms with van der Waals surface area (Å²) in [6, 6.07) is 3.18. The maximum absolute atomic E-state index is 12.0. The lowest BCUT2D eigenvalue weighted by Crippen LogP contribution is -2.27. The van der Waals surface area contributed by atoms with Gasteiger partial charge < -0.3 is 9.73 Å². The number of sulfonamides is 1. The summed E-state index contributed by atoms with van der Waals surface area (Å²) in [4.78, 5) is 0. The zero-order chi connectivity index (χ0) is 14.8. The van der Waals surface area contributed by atoms with Crippen LogP contribution < -0.4 is 10.0 Å². The molecule has 1 heterocycles. The Hall–Kier alpha value is -1.06. The normalized spacial score (nSPS) is 16.6. The molecule has 0 saturated heterocycles. The maximum Gasteiger partial charge on any atom is 0.390 e. The van der Waals surface area contributed by atoms with Gasteiger partial charge in [-0.1, -0.05) is 0 Å². The average molecular weight is 312 g/mol. The van der Waals surface area contributed by atoms with E-state index in [0.717, 1.165) is 12.8 Å². The highest BCUT2D eigenvalue weighted by atomic mass is 32.2. The minimum absolute atomic E-state index is 0.368. The minimum atomic E-state index is -4.40. The summed E-state index contributed by atoms with van der Waals surface area (Å²) in [7, 11) is -4.03. The molecule has 0 unspecified atom stereocenters. The van der Waals surface area contributed by atoms with Crippen molar-refractivity contribution in [3.05, 3.63) is 17.9 Å². The number of nitrogens with one attached hydrogen (secondary N) is 2. The van der Waals surface area contributed by atoms with Crippen molar-refractivity contribution in [2.45, 2.75) is 43.1 Å². The fourth-order valence-corrected chi connectivity index (χ4v) is 2.51. The molecule has 1 aromatic rings. The van der Waals surface area contributed by atoms with Crippen LogP contribution in [0.25, 0.3) is 0 Å². The minimum Gasteiger partial charge on any atom is -0.447 e. The second kappa shape index (κ2) is 5.74. The second-order valence-corrected chi connectivity index (χ2v) is 6.34. The molecule has 1 aliphatic carbocycles. The molecule has 2 rings (SSSR count). The number of hydrogen-bond acceptors (Lipinski definition) is 4. The fourth-order valence-electron chi connectivity index (χ4n) is 1.53. The summed E-state index contributed by atoms with van der Waals surface area (Å²) in [5.41, 5.74) is 0. The summed E-state index contributed by atoms with van der Waals surface area (Å²) < 4.78 is 66.2. The lowest BCUT2D eigenvalue weighted by Gasteiger charge is -2.07. The number of halogens is 3. The van der Waals surface area contributed by atoms with Crippen LogP contribution in [0.4, 0.5) is 13.2 Å². The highest BCUT2D eigenvalue weighted by Gasteiger charge is 2.28. The Kier molecular flexibility index (Phi) is 4.40. The molecule has 2 N–H and O–H groups in total. The van der Waals surface area contributed by atoms with Crippen molar-refractivity contribution in [2.24, 2.45) is 0 Å².